The maximum Gasteiger partial charge on any atom is 0.270 e. The molecular formula is C20H16N2O2S2. The van der Waals surface area contributed by atoms with E-state index >= 15 is 0 Å². The Morgan fingerprint density at radius 1 is 1.00 bits per heavy atom. The molecule has 0 aliphatic carbocycles. The third-order valence-electron chi connectivity index (χ3n) is 4.08. The van der Waals surface area contributed by atoms with Gasteiger partial charge in [0.2, 0.25) is 0 Å². The zero-order valence-electron chi connectivity index (χ0n) is 13.9. The van der Waals surface area contributed by atoms with Crippen LogP contribution in [0.5, 0.6) is 0 Å². The van der Waals surface area contributed by atoms with Crippen molar-refractivity contribution in [1.82, 2.24) is 8.96 Å². The van der Waals surface area contributed by atoms with Crippen LogP contribution >= 0.6 is 11.8 Å². The van der Waals surface area contributed by atoms with Crippen LogP contribution in [0.15, 0.2) is 89.4 Å². The maximum atomic E-state index is 13.4. The van der Waals surface area contributed by atoms with Crippen LogP contribution in [-0.2, 0) is 10.0 Å². The van der Waals surface area contributed by atoms with Crippen LogP contribution in [0.2, 0.25) is 0 Å². The lowest BCUT2D eigenvalue weighted by molar-refractivity contribution is 0.584. The predicted octanol–water partition coefficient (Wildman–Crippen LogP) is 4.70. The second-order valence-corrected chi connectivity index (χ2v) is 8.54. The molecule has 4 aromatic rings. The summed E-state index contributed by atoms with van der Waals surface area (Å²) in [5.41, 5.74) is 1.23. The number of nitrogens with zero attached hydrogens (tertiary/aromatic N) is 2. The van der Waals surface area contributed by atoms with Gasteiger partial charge < -0.3 is 0 Å². The molecule has 26 heavy (non-hydrogen) atoms. The highest BCUT2D eigenvalue weighted by Crippen LogP contribution is 2.30. The average molecular weight is 380 g/mol. The fourth-order valence-electron chi connectivity index (χ4n) is 2.87. The standard InChI is InChI=1S/C20H16N2O2S2/c1-2-13-25-20-21-18-9-5-6-10-19(18)22(20)26(23,24)17-12-11-15-7-3-4-8-16(15)14-17/h2-12,14H,1,13H2. The number of aromatic nitrogens is 2. The number of benzene rings is 3. The van der Waals surface area contributed by atoms with Gasteiger partial charge >= 0.3 is 0 Å². The van der Waals surface area contributed by atoms with Gasteiger partial charge in [-0.15, -0.1) is 6.58 Å². The van der Waals surface area contributed by atoms with E-state index in [9.17, 15) is 8.42 Å². The second kappa shape index (κ2) is 6.63. The van der Waals surface area contributed by atoms with Crippen molar-refractivity contribution in [3.05, 3.63) is 79.4 Å². The maximum absolute atomic E-state index is 13.4. The molecule has 4 rings (SSSR count). The molecule has 0 aliphatic rings. The third kappa shape index (κ3) is 2.81. The number of hydrogen-bond acceptors (Lipinski definition) is 4. The van der Waals surface area contributed by atoms with Crippen LogP contribution in [0.1, 0.15) is 0 Å². The minimum Gasteiger partial charge on any atom is -0.222 e. The van der Waals surface area contributed by atoms with Gasteiger partial charge in [0, 0.05) is 5.75 Å². The molecule has 0 radical (unpaired) electrons. The largest absolute Gasteiger partial charge is 0.270 e. The van der Waals surface area contributed by atoms with E-state index < -0.39 is 10.0 Å². The molecule has 0 unspecified atom stereocenters. The quantitative estimate of drug-likeness (QED) is 0.372. The number of para-hydroxylation sites is 2. The highest BCUT2D eigenvalue weighted by atomic mass is 32.2. The van der Waals surface area contributed by atoms with E-state index in [0.717, 1.165) is 10.8 Å². The molecule has 0 bridgehead atoms. The summed E-state index contributed by atoms with van der Waals surface area (Å²) < 4.78 is 28.2. The molecule has 0 amide bonds. The molecule has 0 fully saturated rings. The van der Waals surface area contributed by atoms with Gasteiger partial charge in [0.25, 0.3) is 10.0 Å². The summed E-state index contributed by atoms with van der Waals surface area (Å²) in [6.07, 6.45) is 1.73. The van der Waals surface area contributed by atoms with Crippen LogP contribution in [-0.4, -0.2) is 23.1 Å². The van der Waals surface area contributed by atoms with Gasteiger partial charge in [0.05, 0.1) is 15.9 Å². The second-order valence-electron chi connectivity index (χ2n) is 5.76. The van der Waals surface area contributed by atoms with E-state index in [4.69, 9.17) is 0 Å². The Hall–Kier alpha value is -2.57. The van der Waals surface area contributed by atoms with Crippen molar-refractivity contribution in [2.24, 2.45) is 0 Å². The molecule has 1 heterocycles. The van der Waals surface area contributed by atoms with Crippen molar-refractivity contribution < 1.29 is 8.42 Å². The number of fused-ring (bicyclic) bond motifs is 2. The molecule has 0 aliphatic heterocycles. The molecule has 0 saturated carbocycles. The molecule has 0 N–H and O–H groups in total. The number of rotatable bonds is 5. The normalized spacial score (nSPS) is 11.8. The highest BCUT2D eigenvalue weighted by molar-refractivity contribution is 8.00. The van der Waals surface area contributed by atoms with Gasteiger partial charge in [-0.25, -0.2) is 17.4 Å². The molecule has 0 atom stereocenters. The smallest absolute Gasteiger partial charge is 0.222 e. The molecule has 1 aromatic heterocycles. The fraction of sp³-hybridized carbons (Fsp3) is 0.0500. The summed E-state index contributed by atoms with van der Waals surface area (Å²) in [5, 5.41) is 2.33. The van der Waals surface area contributed by atoms with Gasteiger partial charge in [-0.2, -0.15) is 0 Å². The van der Waals surface area contributed by atoms with E-state index in [2.05, 4.69) is 11.6 Å². The number of hydrogen-bond donors (Lipinski definition) is 0. The van der Waals surface area contributed by atoms with E-state index in [1.807, 2.05) is 48.5 Å². The van der Waals surface area contributed by atoms with E-state index in [0.29, 0.717) is 21.9 Å². The fourth-order valence-corrected chi connectivity index (χ4v) is 5.36. The lowest BCUT2D eigenvalue weighted by Crippen LogP contribution is -2.14. The summed E-state index contributed by atoms with van der Waals surface area (Å²) in [4.78, 5) is 4.75. The summed E-state index contributed by atoms with van der Waals surface area (Å²) in [5.74, 6) is 0.580. The van der Waals surface area contributed by atoms with Crippen molar-refractivity contribution in [1.29, 1.82) is 0 Å². The Labute approximate surface area is 156 Å². The number of imidazole rings is 1. The van der Waals surface area contributed by atoms with Crippen LogP contribution in [0, 0.1) is 0 Å². The van der Waals surface area contributed by atoms with Crippen molar-refractivity contribution in [2.45, 2.75) is 10.1 Å². The molecule has 3 aromatic carbocycles. The minimum atomic E-state index is -3.78. The van der Waals surface area contributed by atoms with Crippen LogP contribution in [0.3, 0.4) is 0 Å². The topological polar surface area (TPSA) is 52.0 Å². The van der Waals surface area contributed by atoms with Crippen molar-refractivity contribution in [2.75, 3.05) is 5.75 Å². The summed E-state index contributed by atoms with van der Waals surface area (Å²) in [6, 6.07) is 20.2. The SMILES string of the molecule is C=CCSc1nc2ccccc2n1S(=O)(=O)c1ccc2ccccc2c1. The lowest BCUT2D eigenvalue weighted by atomic mass is 10.1. The molecule has 0 saturated heterocycles. The zero-order valence-corrected chi connectivity index (χ0v) is 15.5. The van der Waals surface area contributed by atoms with Gasteiger partial charge in [-0.1, -0.05) is 60.3 Å². The number of thioether (sulfide) groups is 1. The minimum absolute atomic E-state index is 0.250. The van der Waals surface area contributed by atoms with E-state index in [-0.39, 0.29) is 4.90 Å². The monoisotopic (exact) mass is 380 g/mol. The first-order valence-corrected chi connectivity index (χ1v) is 10.5. The van der Waals surface area contributed by atoms with Crippen LogP contribution in [0.4, 0.5) is 0 Å². The Morgan fingerprint density at radius 3 is 2.54 bits per heavy atom. The van der Waals surface area contributed by atoms with Gasteiger partial charge in [0.15, 0.2) is 5.16 Å². The van der Waals surface area contributed by atoms with Gasteiger partial charge in [-0.05, 0) is 35.0 Å². The van der Waals surface area contributed by atoms with Crippen LogP contribution < -0.4 is 0 Å². The van der Waals surface area contributed by atoms with Crippen molar-refractivity contribution >= 4 is 43.6 Å². The average Bonchev–Trinajstić information content (AvgIpc) is 3.05. The van der Waals surface area contributed by atoms with Crippen molar-refractivity contribution in [3.8, 4) is 0 Å². The van der Waals surface area contributed by atoms with Crippen LogP contribution in [0.25, 0.3) is 21.8 Å². The summed E-state index contributed by atoms with van der Waals surface area (Å²) >= 11 is 1.35. The molecule has 4 nitrogen and oxygen atoms in total. The first-order valence-electron chi connectivity index (χ1n) is 8.07. The molecule has 130 valence electrons. The zero-order chi connectivity index (χ0) is 18.1. The van der Waals surface area contributed by atoms with E-state index in [1.54, 1.807) is 24.3 Å². The third-order valence-corrected chi connectivity index (χ3v) is 6.83. The van der Waals surface area contributed by atoms with Gasteiger partial charge in [0.1, 0.15) is 0 Å². The molecular weight excluding hydrogens is 364 g/mol. The lowest BCUT2D eigenvalue weighted by Gasteiger charge is -2.10. The van der Waals surface area contributed by atoms with Gasteiger partial charge in [-0.3, -0.25) is 0 Å². The summed E-state index contributed by atoms with van der Waals surface area (Å²) in [7, 11) is -3.78. The Kier molecular flexibility index (Phi) is 4.30. The van der Waals surface area contributed by atoms with E-state index in [1.165, 1.54) is 15.7 Å². The highest BCUT2D eigenvalue weighted by Gasteiger charge is 2.24. The first kappa shape index (κ1) is 16.9. The molecule has 6 heteroatoms. The Morgan fingerprint density at radius 2 is 1.73 bits per heavy atom. The Balaban J connectivity index is 1.95. The summed E-state index contributed by atoms with van der Waals surface area (Å²) in [6.45, 7) is 3.71. The van der Waals surface area contributed by atoms with Crippen molar-refractivity contribution in [3.63, 3.8) is 0 Å². The first-order chi connectivity index (χ1) is 12.6. The Bertz CT molecular complexity index is 1230. The predicted molar refractivity (Wildman–Crippen MR) is 107 cm³/mol. The molecule has 0 spiro atoms.